The average molecular weight is 351 g/mol. The highest BCUT2D eigenvalue weighted by molar-refractivity contribution is 9.10. The van der Waals surface area contributed by atoms with E-state index in [-0.39, 0.29) is 15.7 Å². The zero-order valence-corrected chi connectivity index (χ0v) is 12.0. The van der Waals surface area contributed by atoms with Crippen molar-refractivity contribution >= 4 is 39.1 Å². The lowest BCUT2D eigenvalue weighted by molar-refractivity contribution is 0.215. The zero-order chi connectivity index (χ0) is 13.3. The molecule has 0 aliphatic carbocycles. The second kappa shape index (κ2) is 5.53. The van der Waals surface area contributed by atoms with Crippen molar-refractivity contribution in [3.05, 3.63) is 62.1 Å². The van der Waals surface area contributed by atoms with E-state index in [1.54, 1.807) is 12.1 Å². The molecule has 2 aromatic rings. The van der Waals surface area contributed by atoms with Crippen LogP contribution in [-0.4, -0.2) is 10.1 Å². The van der Waals surface area contributed by atoms with Crippen molar-refractivity contribution in [1.29, 1.82) is 0 Å². The predicted molar refractivity (Wildman–Crippen MR) is 72.4 cm³/mol. The number of benzene rings is 1. The number of aromatic nitrogens is 1. The molecular formula is C12H7BrCl2FNO. The van der Waals surface area contributed by atoms with E-state index in [0.717, 1.165) is 0 Å². The summed E-state index contributed by atoms with van der Waals surface area (Å²) in [6.45, 7) is 0. The van der Waals surface area contributed by atoms with E-state index in [1.165, 1.54) is 18.3 Å². The fraction of sp³-hybridized carbons (Fsp3) is 0.0833. The third-order valence-corrected chi connectivity index (χ3v) is 3.89. The quantitative estimate of drug-likeness (QED) is 0.644. The first kappa shape index (κ1) is 13.7. The first-order valence-corrected chi connectivity index (χ1v) is 6.48. The number of rotatable bonds is 2. The second-order valence-electron chi connectivity index (χ2n) is 3.58. The summed E-state index contributed by atoms with van der Waals surface area (Å²) in [6.07, 6.45) is 0.301. The summed E-state index contributed by atoms with van der Waals surface area (Å²) in [5, 5.41) is 10.3. The first-order valence-electron chi connectivity index (χ1n) is 4.93. The van der Waals surface area contributed by atoms with Gasteiger partial charge in [-0.25, -0.2) is 9.37 Å². The molecule has 1 heterocycles. The van der Waals surface area contributed by atoms with Crippen molar-refractivity contribution in [2.24, 2.45) is 0 Å². The Morgan fingerprint density at radius 1 is 1.28 bits per heavy atom. The smallest absolute Gasteiger partial charge is 0.149 e. The second-order valence-corrected chi connectivity index (χ2v) is 5.20. The molecular weight excluding hydrogens is 344 g/mol. The van der Waals surface area contributed by atoms with Gasteiger partial charge in [-0.1, -0.05) is 29.3 Å². The van der Waals surface area contributed by atoms with Crippen LogP contribution >= 0.6 is 39.1 Å². The van der Waals surface area contributed by atoms with Crippen LogP contribution < -0.4 is 0 Å². The summed E-state index contributed by atoms with van der Waals surface area (Å²) in [5.41, 5.74) is 0.540. The van der Waals surface area contributed by atoms with Gasteiger partial charge in [0.15, 0.2) is 0 Å². The molecule has 0 aliphatic heterocycles. The molecule has 0 spiro atoms. The van der Waals surface area contributed by atoms with Crippen LogP contribution in [0.15, 0.2) is 34.9 Å². The van der Waals surface area contributed by atoms with Crippen LogP contribution in [0.3, 0.4) is 0 Å². The summed E-state index contributed by atoms with van der Waals surface area (Å²) >= 11 is 14.6. The van der Waals surface area contributed by atoms with Gasteiger partial charge in [0.25, 0.3) is 0 Å². The standard InChI is InChI=1S/C12H7BrCl2FNO/c13-8-2-1-7(11(16)10(8)15)12(18)6-3-4-17-9(14)5-6/h1-5,12,18H. The molecule has 2 rings (SSSR count). The number of aliphatic hydroxyl groups excluding tert-OH is 1. The Morgan fingerprint density at radius 3 is 2.67 bits per heavy atom. The molecule has 0 aliphatic rings. The Hall–Kier alpha value is -0.680. The Labute approximate surface area is 122 Å². The van der Waals surface area contributed by atoms with Crippen LogP contribution in [0.2, 0.25) is 10.2 Å². The van der Waals surface area contributed by atoms with Crippen molar-refractivity contribution < 1.29 is 9.50 Å². The normalized spacial score (nSPS) is 12.5. The maximum Gasteiger partial charge on any atom is 0.149 e. The van der Waals surface area contributed by atoms with Crippen LogP contribution in [0.4, 0.5) is 4.39 Å². The number of pyridine rings is 1. The van der Waals surface area contributed by atoms with Gasteiger partial charge in [-0.15, -0.1) is 0 Å². The fourth-order valence-electron chi connectivity index (χ4n) is 1.52. The minimum atomic E-state index is -1.14. The third kappa shape index (κ3) is 2.67. The lowest BCUT2D eigenvalue weighted by Gasteiger charge is -2.13. The highest BCUT2D eigenvalue weighted by Gasteiger charge is 2.18. The fourth-order valence-corrected chi connectivity index (χ4v) is 2.18. The maximum absolute atomic E-state index is 13.9. The third-order valence-electron chi connectivity index (χ3n) is 2.43. The van der Waals surface area contributed by atoms with Gasteiger partial charge in [0.2, 0.25) is 0 Å². The Bertz CT molecular complexity index is 594. The molecule has 0 radical (unpaired) electrons. The molecule has 0 saturated heterocycles. The van der Waals surface area contributed by atoms with E-state index in [4.69, 9.17) is 23.2 Å². The van der Waals surface area contributed by atoms with Crippen LogP contribution in [-0.2, 0) is 0 Å². The predicted octanol–water partition coefficient (Wildman–Crippen LogP) is 4.37. The molecule has 2 nitrogen and oxygen atoms in total. The highest BCUT2D eigenvalue weighted by Crippen LogP contribution is 2.33. The van der Waals surface area contributed by atoms with E-state index in [2.05, 4.69) is 20.9 Å². The molecule has 1 N–H and O–H groups in total. The summed E-state index contributed by atoms with van der Waals surface area (Å²) in [6, 6.07) is 6.07. The monoisotopic (exact) mass is 349 g/mol. The zero-order valence-electron chi connectivity index (χ0n) is 8.87. The van der Waals surface area contributed by atoms with Gasteiger partial charge in [-0.3, -0.25) is 0 Å². The van der Waals surface area contributed by atoms with E-state index < -0.39 is 11.9 Å². The van der Waals surface area contributed by atoms with Gasteiger partial charge in [-0.2, -0.15) is 0 Å². The van der Waals surface area contributed by atoms with Crippen molar-refractivity contribution in [3.8, 4) is 0 Å². The molecule has 18 heavy (non-hydrogen) atoms. The van der Waals surface area contributed by atoms with E-state index >= 15 is 0 Å². The van der Waals surface area contributed by atoms with Crippen LogP contribution in [0.25, 0.3) is 0 Å². The van der Waals surface area contributed by atoms with Gasteiger partial charge in [0.1, 0.15) is 17.1 Å². The molecule has 1 unspecified atom stereocenters. The topological polar surface area (TPSA) is 33.1 Å². The molecule has 0 amide bonds. The molecule has 94 valence electrons. The van der Waals surface area contributed by atoms with Crippen LogP contribution in [0.5, 0.6) is 0 Å². The minimum absolute atomic E-state index is 0.0632. The van der Waals surface area contributed by atoms with Gasteiger partial charge in [0.05, 0.1) is 5.02 Å². The summed E-state index contributed by atoms with van der Waals surface area (Å²) in [5.74, 6) is -0.661. The van der Waals surface area contributed by atoms with Crippen LogP contribution in [0, 0.1) is 5.82 Å². The van der Waals surface area contributed by atoms with Crippen molar-refractivity contribution in [2.45, 2.75) is 6.10 Å². The Balaban J connectivity index is 2.46. The lowest BCUT2D eigenvalue weighted by atomic mass is 10.0. The van der Waals surface area contributed by atoms with Gasteiger partial charge < -0.3 is 5.11 Å². The minimum Gasteiger partial charge on any atom is -0.384 e. The molecule has 0 fully saturated rings. The lowest BCUT2D eigenvalue weighted by Crippen LogP contribution is -2.03. The summed E-state index contributed by atoms with van der Waals surface area (Å²) in [7, 11) is 0. The Morgan fingerprint density at radius 2 is 2.00 bits per heavy atom. The van der Waals surface area contributed by atoms with E-state index in [1.807, 2.05) is 0 Å². The number of hydrogen-bond donors (Lipinski definition) is 1. The van der Waals surface area contributed by atoms with Crippen molar-refractivity contribution in [3.63, 3.8) is 0 Å². The molecule has 6 heteroatoms. The first-order chi connectivity index (χ1) is 8.50. The maximum atomic E-state index is 13.9. The molecule has 1 atom stereocenters. The molecule has 0 bridgehead atoms. The highest BCUT2D eigenvalue weighted by atomic mass is 79.9. The van der Waals surface area contributed by atoms with Gasteiger partial charge in [-0.05, 0) is 39.7 Å². The molecule has 0 saturated carbocycles. The molecule has 1 aromatic heterocycles. The number of aliphatic hydroxyl groups is 1. The summed E-state index contributed by atoms with van der Waals surface area (Å²) < 4.78 is 14.4. The number of hydrogen-bond acceptors (Lipinski definition) is 2. The average Bonchev–Trinajstić information content (AvgIpc) is 2.35. The van der Waals surface area contributed by atoms with Gasteiger partial charge in [0, 0.05) is 16.2 Å². The van der Waals surface area contributed by atoms with Crippen molar-refractivity contribution in [1.82, 2.24) is 4.98 Å². The largest absolute Gasteiger partial charge is 0.384 e. The van der Waals surface area contributed by atoms with E-state index in [0.29, 0.717) is 10.0 Å². The molecule has 1 aromatic carbocycles. The van der Waals surface area contributed by atoms with Crippen molar-refractivity contribution in [2.75, 3.05) is 0 Å². The Kier molecular flexibility index (Phi) is 4.22. The SMILES string of the molecule is OC(c1ccnc(Cl)c1)c1ccc(Br)c(Cl)c1F. The number of nitrogens with zero attached hydrogens (tertiary/aromatic N) is 1. The van der Waals surface area contributed by atoms with E-state index in [9.17, 15) is 9.50 Å². The number of halogens is 4. The summed E-state index contributed by atoms with van der Waals surface area (Å²) in [4.78, 5) is 3.80. The van der Waals surface area contributed by atoms with Crippen LogP contribution in [0.1, 0.15) is 17.2 Å². The van der Waals surface area contributed by atoms with Gasteiger partial charge >= 0.3 is 0 Å².